The smallest absolute Gasteiger partial charge is 0.162 e. The largest absolute Gasteiger partial charge is 0.512 e. The van der Waals surface area contributed by atoms with Crippen LogP contribution < -0.4 is 0 Å². The Balaban J connectivity index is 0.000000347. The molecule has 4 nitrogen and oxygen atoms in total. The first-order valence-corrected chi connectivity index (χ1v) is 18.5. The Labute approximate surface area is 311 Å². The molecule has 0 fully saturated rings. The van der Waals surface area contributed by atoms with Crippen molar-refractivity contribution in [2.45, 2.75) is 99.8 Å². The van der Waals surface area contributed by atoms with Crippen LogP contribution in [0.4, 0.5) is 0 Å². The van der Waals surface area contributed by atoms with Gasteiger partial charge in [-0.1, -0.05) is 104 Å². The first kappa shape index (κ1) is 40.3. The number of allylic oxidation sites excluding steroid dienone is 2. The minimum Gasteiger partial charge on any atom is -0.512 e. The number of benzene rings is 2. The van der Waals surface area contributed by atoms with Crippen LogP contribution in [0, 0.1) is 23.8 Å². The van der Waals surface area contributed by atoms with Gasteiger partial charge in [0, 0.05) is 65.9 Å². The quantitative estimate of drug-likeness (QED) is 0.0817. The molecule has 0 amide bonds. The maximum Gasteiger partial charge on any atom is 0.162 e. The van der Waals surface area contributed by atoms with Crippen molar-refractivity contribution in [3.05, 3.63) is 96.0 Å². The number of aromatic nitrogens is 2. The molecule has 0 atom stereocenters. The molecule has 0 aliphatic rings. The average molecular weight is 854 g/mol. The Morgan fingerprint density at radius 2 is 1.59 bits per heavy atom. The van der Waals surface area contributed by atoms with Crippen LogP contribution in [0.3, 0.4) is 0 Å². The summed E-state index contributed by atoms with van der Waals surface area (Å²) in [5, 5.41) is 13.4. The molecule has 0 saturated carbocycles. The van der Waals surface area contributed by atoms with E-state index in [1.807, 2.05) is 33.9 Å². The maximum absolute atomic E-state index is 11.7. The van der Waals surface area contributed by atoms with Crippen LogP contribution >= 0.6 is 11.3 Å². The predicted octanol–water partition coefficient (Wildman–Crippen LogP) is 12.3. The van der Waals surface area contributed by atoms with Crippen molar-refractivity contribution in [2.24, 2.45) is 17.8 Å². The molecular weight excluding hydrogens is 801 g/mol. The molecule has 1 radical (unpaired) electrons. The number of carbonyl (C=O) groups is 1. The van der Waals surface area contributed by atoms with Crippen LogP contribution in [0.25, 0.3) is 42.7 Å². The second-order valence-corrected chi connectivity index (χ2v) is 15.3. The van der Waals surface area contributed by atoms with Gasteiger partial charge in [0.05, 0.1) is 5.76 Å². The van der Waals surface area contributed by atoms with Gasteiger partial charge in [0.1, 0.15) is 4.83 Å². The monoisotopic (exact) mass is 854 g/mol. The van der Waals surface area contributed by atoms with Crippen LogP contribution in [-0.2, 0) is 36.7 Å². The van der Waals surface area contributed by atoms with Gasteiger partial charge in [-0.05, 0) is 67.2 Å². The van der Waals surface area contributed by atoms with E-state index < -0.39 is 0 Å². The average Bonchev–Trinajstić information content (AvgIpc) is 3.49. The first-order valence-electron chi connectivity index (χ1n) is 17.6. The number of aliphatic hydroxyl groups is 1. The number of carbonyl (C=O) groups excluding carboxylic acids is 1. The molecule has 6 heteroatoms. The minimum atomic E-state index is 0. The standard InChI is InChI=1S/C30H29N2S.C13H24O2.Ir/c1-19(2)14-24-11-10-22-18-28(33-29(22)32-24)21-12-13-31-27(17-21)23-15-20-8-6-7-9-25(20)26(16-23)30(3,4)5;1-5-10(6-2)12(14)9-13(15)11(7-3)8-4;/h6-13,16-19H,14H2,1-5H3;9-11,14H,5-8H2,1-4H3;/q-1;;/b;12-9-;. The third-order valence-corrected chi connectivity index (χ3v) is 10.1. The molecule has 263 valence electrons. The summed E-state index contributed by atoms with van der Waals surface area (Å²) in [5.41, 5.74) is 5.69. The zero-order valence-corrected chi connectivity index (χ0v) is 33.9. The molecule has 5 rings (SSSR count). The van der Waals surface area contributed by atoms with Crippen LogP contribution in [0.5, 0.6) is 0 Å². The summed E-state index contributed by atoms with van der Waals surface area (Å²) in [4.78, 5) is 23.7. The summed E-state index contributed by atoms with van der Waals surface area (Å²) in [6, 6.07) is 25.3. The van der Waals surface area contributed by atoms with Crippen molar-refractivity contribution in [2.75, 3.05) is 0 Å². The van der Waals surface area contributed by atoms with E-state index in [-0.39, 0.29) is 48.9 Å². The van der Waals surface area contributed by atoms with Gasteiger partial charge in [0.2, 0.25) is 0 Å². The normalized spacial score (nSPS) is 12.0. The number of ketones is 1. The van der Waals surface area contributed by atoms with Crippen LogP contribution in [0.15, 0.2) is 78.7 Å². The van der Waals surface area contributed by atoms with E-state index in [0.29, 0.717) is 5.92 Å². The van der Waals surface area contributed by atoms with Crippen molar-refractivity contribution >= 4 is 38.1 Å². The fourth-order valence-electron chi connectivity index (χ4n) is 6.13. The van der Waals surface area contributed by atoms with Gasteiger partial charge < -0.3 is 5.11 Å². The zero-order chi connectivity index (χ0) is 35.0. The Hall–Kier alpha value is -3.18. The van der Waals surface area contributed by atoms with E-state index in [9.17, 15) is 9.90 Å². The van der Waals surface area contributed by atoms with Gasteiger partial charge in [0.15, 0.2) is 5.78 Å². The SMILES string of the molecule is CC(C)Cc1ccc2cc(-c3ccnc(-c4[c-]c5ccccc5c(C(C)(C)C)c4)c3)sc2n1.CCC(CC)C(=O)/C=C(\O)C(CC)CC.[Ir]. The van der Waals surface area contributed by atoms with Gasteiger partial charge in [0.25, 0.3) is 0 Å². The second-order valence-electron chi connectivity index (χ2n) is 14.2. The number of nitrogens with zero attached hydrogens (tertiary/aromatic N) is 2. The van der Waals surface area contributed by atoms with Crippen LogP contribution in [0.1, 0.15) is 99.3 Å². The predicted molar refractivity (Wildman–Crippen MR) is 206 cm³/mol. The fraction of sp³-hybridized carbons (Fsp3) is 0.419. The number of rotatable bonds is 11. The van der Waals surface area contributed by atoms with Crippen molar-refractivity contribution in [3.8, 4) is 21.7 Å². The van der Waals surface area contributed by atoms with Crippen LogP contribution in [0.2, 0.25) is 0 Å². The van der Waals surface area contributed by atoms with Gasteiger partial charge in [-0.3, -0.25) is 9.78 Å². The fourth-order valence-corrected chi connectivity index (χ4v) is 7.18. The summed E-state index contributed by atoms with van der Waals surface area (Å²) < 4.78 is 0. The van der Waals surface area contributed by atoms with Gasteiger partial charge in [-0.25, -0.2) is 4.98 Å². The molecule has 5 aromatic rings. The third kappa shape index (κ3) is 10.4. The zero-order valence-electron chi connectivity index (χ0n) is 30.7. The van der Waals surface area contributed by atoms with Crippen LogP contribution in [-0.4, -0.2) is 20.9 Å². The number of aliphatic hydroxyl groups excluding tert-OH is 1. The van der Waals surface area contributed by atoms with Crippen molar-refractivity contribution in [3.63, 3.8) is 0 Å². The number of hydrogen-bond acceptors (Lipinski definition) is 5. The Kier molecular flexibility index (Phi) is 14.9. The number of pyridine rings is 2. The molecule has 0 aliphatic heterocycles. The topological polar surface area (TPSA) is 63.1 Å². The Morgan fingerprint density at radius 3 is 2.22 bits per heavy atom. The van der Waals surface area contributed by atoms with Crippen molar-refractivity contribution < 1.29 is 30.0 Å². The molecule has 49 heavy (non-hydrogen) atoms. The number of fused-ring (bicyclic) bond motifs is 2. The molecular formula is C43H53IrN2O2S-. The second kappa shape index (κ2) is 18.2. The van der Waals surface area contributed by atoms with Gasteiger partial charge in [-0.15, -0.1) is 40.5 Å². The molecule has 0 bridgehead atoms. The molecule has 2 aromatic carbocycles. The summed E-state index contributed by atoms with van der Waals surface area (Å²) in [6.45, 7) is 19.3. The summed E-state index contributed by atoms with van der Waals surface area (Å²) in [5.74, 6) is 1.15. The maximum atomic E-state index is 11.7. The molecule has 0 spiro atoms. The molecule has 1 N–H and O–H groups in total. The first-order chi connectivity index (χ1) is 22.9. The van der Waals surface area contributed by atoms with E-state index in [4.69, 9.17) is 9.97 Å². The molecule has 0 unspecified atom stereocenters. The molecule has 0 saturated heterocycles. The number of hydrogen-bond donors (Lipinski definition) is 1. The van der Waals surface area contributed by atoms with E-state index in [1.165, 1.54) is 38.5 Å². The minimum absolute atomic E-state index is 0. The molecule has 3 aromatic heterocycles. The third-order valence-electron chi connectivity index (χ3n) is 9.04. The summed E-state index contributed by atoms with van der Waals surface area (Å²) in [7, 11) is 0. The van der Waals surface area contributed by atoms with E-state index in [2.05, 4.69) is 101 Å². The molecule has 0 aliphatic carbocycles. The van der Waals surface area contributed by atoms with Gasteiger partial charge >= 0.3 is 0 Å². The number of thiophene rings is 1. The summed E-state index contributed by atoms with van der Waals surface area (Å²) in [6.07, 6.45) is 7.83. The summed E-state index contributed by atoms with van der Waals surface area (Å²) >= 11 is 1.76. The van der Waals surface area contributed by atoms with E-state index in [1.54, 1.807) is 11.3 Å². The molecule has 3 heterocycles. The Bertz CT molecular complexity index is 1860. The van der Waals surface area contributed by atoms with E-state index >= 15 is 0 Å². The van der Waals surface area contributed by atoms with Gasteiger partial charge in [-0.2, -0.15) is 0 Å². The Morgan fingerprint density at radius 1 is 0.918 bits per heavy atom. The van der Waals surface area contributed by atoms with Crippen molar-refractivity contribution in [1.82, 2.24) is 9.97 Å². The van der Waals surface area contributed by atoms with E-state index in [0.717, 1.165) is 53.6 Å². The van der Waals surface area contributed by atoms with Crippen molar-refractivity contribution in [1.29, 1.82) is 0 Å².